The van der Waals surface area contributed by atoms with E-state index in [4.69, 9.17) is 4.98 Å². The molecule has 0 radical (unpaired) electrons. The van der Waals surface area contributed by atoms with E-state index in [1.54, 1.807) is 42.9 Å². The molecule has 10 nitrogen and oxygen atoms in total. The summed E-state index contributed by atoms with van der Waals surface area (Å²) in [5.74, 6) is -0.794. The number of hydrogen-bond donors (Lipinski definition) is 3. The molecule has 0 spiro atoms. The van der Waals surface area contributed by atoms with E-state index in [2.05, 4.69) is 30.5 Å². The summed E-state index contributed by atoms with van der Waals surface area (Å²) in [6.45, 7) is 0. The summed E-state index contributed by atoms with van der Waals surface area (Å²) in [5.41, 5.74) is 4.64. The fourth-order valence-corrected chi connectivity index (χ4v) is 6.80. The lowest BCUT2D eigenvalue weighted by Crippen LogP contribution is -2.24. The number of aryl methyl sites for hydroxylation is 1. The fraction of sp³-hybridized carbons (Fsp3) is 0.265. The van der Waals surface area contributed by atoms with E-state index in [1.807, 2.05) is 0 Å². The van der Waals surface area contributed by atoms with Crippen LogP contribution in [0.4, 0.5) is 14.5 Å². The smallest absolute Gasteiger partial charge is 0.227 e. The molecule has 47 heavy (non-hydrogen) atoms. The average molecular weight is 656 g/mol. The maximum atomic E-state index is 15.4. The number of imidazole rings is 1. The van der Waals surface area contributed by atoms with Crippen LogP contribution in [0.25, 0.3) is 55.8 Å². The lowest BCUT2D eigenvalue weighted by molar-refractivity contribution is -0.120. The molecule has 4 heterocycles. The van der Waals surface area contributed by atoms with Gasteiger partial charge in [0.05, 0.1) is 34.4 Å². The molecule has 1 saturated carbocycles. The van der Waals surface area contributed by atoms with E-state index >= 15 is 4.39 Å². The average Bonchev–Trinajstić information content (AvgIpc) is 3.67. The zero-order valence-electron chi connectivity index (χ0n) is 25.5. The van der Waals surface area contributed by atoms with Gasteiger partial charge in [0.25, 0.3) is 0 Å². The third-order valence-corrected chi connectivity index (χ3v) is 9.51. The lowest BCUT2D eigenvalue weighted by Gasteiger charge is -2.20. The van der Waals surface area contributed by atoms with Crippen LogP contribution in [-0.2, 0) is 21.1 Å². The van der Waals surface area contributed by atoms with Crippen LogP contribution in [0.3, 0.4) is 0 Å². The number of rotatable bonds is 8. The molecule has 0 bridgehead atoms. The monoisotopic (exact) mass is 655 g/mol. The quantitative estimate of drug-likeness (QED) is 0.167. The number of hydrogen-bond acceptors (Lipinski definition) is 7. The zero-order chi connectivity index (χ0) is 32.7. The van der Waals surface area contributed by atoms with Crippen molar-refractivity contribution in [3.63, 3.8) is 0 Å². The van der Waals surface area contributed by atoms with Crippen molar-refractivity contribution in [1.29, 1.82) is 0 Å². The third-order valence-electron chi connectivity index (χ3n) is 8.56. The number of sulfone groups is 1. The highest BCUT2D eigenvalue weighted by molar-refractivity contribution is 7.90. The molecule has 7 rings (SSSR count). The Morgan fingerprint density at radius 1 is 0.979 bits per heavy atom. The van der Waals surface area contributed by atoms with Crippen molar-refractivity contribution in [2.75, 3.05) is 17.3 Å². The topological polar surface area (TPSA) is 146 Å². The van der Waals surface area contributed by atoms with Gasteiger partial charge in [0.15, 0.2) is 5.82 Å². The molecule has 1 fully saturated rings. The van der Waals surface area contributed by atoms with Crippen LogP contribution < -0.4 is 5.32 Å². The number of anilines is 1. The predicted molar refractivity (Wildman–Crippen MR) is 176 cm³/mol. The largest absolute Gasteiger partial charge is 0.336 e. The van der Waals surface area contributed by atoms with Crippen molar-refractivity contribution in [3.8, 4) is 33.9 Å². The highest BCUT2D eigenvalue weighted by Crippen LogP contribution is 2.35. The Labute approximate surface area is 269 Å². The van der Waals surface area contributed by atoms with E-state index in [0.29, 0.717) is 61.5 Å². The second kappa shape index (κ2) is 12.3. The molecular weight excluding hydrogens is 624 g/mol. The molecule has 13 heteroatoms. The minimum Gasteiger partial charge on any atom is -0.336 e. The number of aromatic amines is 2. The van der Waals surface area contributed by atoms with Crippen molar-refractivity contribution >= 4 is 43.4 Å². The SMILES string of the molecule is CS(=O)(=O)CCc1cc(F)cc(-c2nccc3[nH]c(-c4n[nH]c5cc(F)c(-c6cncc(NC(=O)C7CCCCC7)c6)cc45)nc23)c1. The minimum atomic E-state index is -3.23. The number of benzene rings is 2. The first-order valence-corrected chi connectivity index (χ1v) is 17.4. The second-order valence-corrected chi connectivity index (χ2v) is 14.4. The van der Waals surface area contributed by atoms with Gasteiger partial charge in [0.1, 0.15) is 32.7 Å². The summed E-state index contributed by atoms with van der Waals surface area (Å²) in [7, 11) is -3.23. The normalized spacial score (nSPS) is 14.2. The number of H-pyrrole nitrogens is 2. The first kappa shape index (κ1) is 30.6. The molecule has 1 aliphatic rings. The molecule has 2 aromatic carbocycles. The first-order chi connectivity index (χ1) is 22.6. The first-order valence-electron chi connectivity index (χ1n) is 15.4. The number of carbonyl (C=O) groups is 1. The molecule has 0 unspecified atom stereocenters. The van der Waals surface area contributed by atoms with E-state index < -0.39 is 21.5 Å². The van der Waals surface area contributed by atoms with Crippen molar-refractivity contribution in [3.05, 3.63) is 78.3 Å². The summed E-state index contributed by atoms with van der Waals surface area (Å²) >= 11 is 0. The standard InChI is InChI=1S/C34H31F2N7O3S/c1-47(45,46)10-8-19-11-21(13-23(35)12-19)30-32-28(7-9-38-30)40-33(41-32)31-26-15-25(27(36)16-29(26)42-43-31)22-14-24(18-37-17-22)39-34(44)20-5-3-2-4-6-20/h7,9,11-18,20H,2-6,8,10H2,1H3,(H,39,44)(H,40,41)(H,42,43). The van der Waals surface area contributed by atoms with Crippen LogP contribution >= 0.6 is 0 Å². The van der Waals surface area contributed by atoms with Gasteiger partial charge in [-0.2, -0.15) is 5.10 Å². The Kier molecular flexibility index (Phi) is 8.00. The molecule has 0 aliphatic heterocycles. The zero-order valence-corrected chi connectivity index (χ0v) is 26.3. The van der Waals surface area contributed by atoms with Crippen LogP contribution in [0.2, 0.25) is 0 Å². The van der Waals surface area contributed by atoms with Gasteiger partial charge in [0, 0.05) is 52.7 Å². The Bertz CT molecular complexity index is 2260. The van der Waals surface area contributed by atoms with Gasteiger partial charge in [-0.05, 0) is 61.2 Å². The molecule has 0 saturated heterocycles. The summed E-state index contributed by atoms with van der Waals surface area (Å²) in [6, 6.07) is 10.8. The van der Waals surface area contributed by atoms with Gasteiger partial charge < -0.3 is 10.3 Å². The summed E-state index contributed by atoms with van der Waals surface area (Å²) in [6.07, 6.45) is 10.9. The minimum absolute atomic E-state index is 0.0312. The Hall–Kier alpha value is -5.04. The summed E-state index contributed by atoms with van der Waals surface area (Å²) < 4.78 is 53.5. The maximum Gasteiger partial charge on any atom is 0.227 e. The molecule has 4 aromatic heterocycles. The summed E-state index contributed by atoms with van der Waals surface area (Å²) in [5, 5.41) is 10.9. The van der Waals surface area contributed by atoms with Gasteiger partial charge in [-0.1, -0.05) is 19.3 Å². The van der Waals surface area contributed by atoms with Crippen molar-refractivity contribution in [1.82, 2.24) is 30.1 Å². The van der Waals surface area contributed by atoms with Gasteiger partial charge in [-0.25, -0.2) is 22.2 Å². The van der Waals surface area contributed by atoms with Gasteiger partial charge in [-0.3, -0.25) is 19.9 Å². The van der Waals surface area contributed by atoms with Gasteiger partial charge in [-0.15, -0.1) is 0 Å². The van der Waals surface area contributed by atoms with E-state index in [-0.39, 0.29) is 29.6 Å². The molecule has 1 aliphatic carbocycles. The van der Waals surface area contributed by atoms with Crippen LogP contribution in [0, 0.1) is 17.6 Å². The highest BCUT2D eigenvalue weighted by Gasteiger charge is 2.22. The molecule has 240 valence electrons. The number of carbonyl (C=O) groups excluding carboxylic acids is 1. The van der Waals surface area contributed by atoms with Crippen LogP contribution in [0.1, 0.15) is 37.7 Å². The van der Waals surface area contributed by atoms with E-state index in [0.717, 1.165) is 38.4 Å². The number of halogens is 2. The van der Waals surface area contributed by atoms with Crippen LogP contribution in [-0.4, -0.2) is 56.5 Å². The third kappa shape index (κ3) is 6.48. The Morgan fingerprint density at radius 2 is 1.81 bits per heavy atom. The molecular formula is C34H31F2N7O3S. The highest BCUT2D eigenvalue weighted by atomic mass is 32.2. The Balaban J connectivity index is 1.23. The van der Waals surface area contributed by atoms with E-state index in [1.165, 1.54) is 18.2 Å². The number of nitrogens with zero attached hydrogens (tertiary/aromatic N) is 4. The van der Waals surface area contributed by atoms with Gasteiger partial charge >= 0.3 is 0 Å². The number of amides is 1. The number of fused-ring (bicyclic) bond motifs is 2. The lowest BCUT2D eigenvalue weighted by atomic mass is 9.88. The molecule has 6 aromatic rings. The molecule has 3 N–H and O–H groups in total. The predicted octanol–water partition coefficient (Wildman–Crippen LogP) is 6.61. The number of nitrogens with one attached hydrogen (secondary N) is 3. The van der Waals surface area contributed by atoms with Gasteiger partial charge in [0.2, 0.25) is 5.91 Å². The van der Waals surface area contributed by atoms with Crippen LogP contribution in [0.15, 0.2) is 61.1 Å². The van der Waals surface area contributed by atoms with Crippen molar-refractivity contribution in [2.24, 2.45) is 5.92 Å². The molecule has 1 amide bonds. The van der Waals surface area contributed by atoms with Crippen molar-refractivity contribution in [2.45, 2.75) is 38.5 Å². The summed E-state index contributed by atoms with van der Waals surface area (Å²) in [4.78, 5) is 29.6. The second-order valence-electron chi connectivity index (χ2n) is 12.1. The number of aromatic nitrogens is 6. The number of pyridine rings is 2. The fourth-order valence-electron chi connectivity index (χ4n) is 6.20. The molecule has 0 atom stereocenters. The van der Waals surface area contributed by atoms with Crippen LogP contribution in [0.5, 0.6) is 0 Å². The maximum absolute atomic E-state index is 15.4. The Morgan fingerprint density at radius 3 is 2.62 bits per heavy atom. The van der Waals surface area contributed by atoms with Crippen molar-refractivity contribution < 1.29 is 22.0 Å². The van der Waals surface area contributed by atoms with E-state index in [9.17, 15) is 17.6 Å².